The van der Waals surface area contributed by atoms with Gasteiger partial charge in [0.1, 0.15) is 11.4 Å². The molecule has 1 aromatic carbocycles. The molecule has 2 heterocycles. The number of rotatable bonds is 2. The Morgan fingerprint density at radius 3 is 2.78 bits per heavy atom. The van der Waals surface area contributed by atoms with Gasteiger partial charge in [0.2, 0.25) is 5.91 Å². The van der Waals surface area contributed by atoms with Crippen LogP contribution in [0, 0.1) is 12.8 Å². The minimum absolute atomic E-state index is 0.0125. The molecule has 1 spiro atoms. The molecule has 4 rings (SSSR count). The van der Waals surface area contributed by atoms with Crippen molar-refractivity contribution in [3.05, 3.63) is 40.9 Å². The third-order valence-corrected chi connectivity index (χ3v) is 6.31. The first-order valence-corrected chi connectivity index (χ1v) is 10.1. The Bertz CT molecular complexity index is 871. The molecule has 1 fully saturated rings. The van der Waals surface area contributed by atoms with Crippen LogP contribution in [-0.2, 0) is 4.79 Å². The Kier molecular flexibility index (Phi) is 4.63. The monoisotopic (exact) mass is 385 g/mol. The lowest BCUT2D eigenvalue weighted by Crippen LogP contribution is -2.49. The van der Waals surface area contributed by atoms with Gasteiger partial charge in [-0.15, -0.1) is 11.3 Å². The van der Waals surface area contributed by atoms with Gasteiger partial charge in [-0.3, -0.25) is 9.59 Å². The van der Waals surface area contributed by atoms with Crippen LogP contribution in [0.3, 0.4) is 0 Å². The number of benzene rings is 1. The van der Waals surface area contributed by atoms with Gasteiger partial charge in [-0.2, -0.15) is 0 Å². The largest absolute Gasteiger partial charge is 0.485 e. The minimum Gasteiger partial charge on any atom is -0.485 e. The molecule has 2 amide bonds. The van der Waals surface area contributed by atoms with Crippen LogP contribution in [0.4, 0.5) is 5.13 Å². The van der Waals surface area contributed by atoms with Gasteiger partial charge >= 0.3 is 0 Å². The van der Waals surface area contributed by atoms with Crippen LogP contribution in [0.2, 0.25) is 0 Å². The SMILES string of the molecule is Cc1csc(NC(=O)C2CCC3(CC2)CN(C)C(=O)c2ccccc2O3)n1. The van der Waals surface area contributed by atoms with Gasteiger partial charge in [0.25, 0.3) is 5.91 Å². The molecular formula is C20H23N3O3S. The fourth-order valence-electron chi connectivity index (χ4n) is 3.99. The van der Waals surface area contributed by atoms with Crippen LogP contribution < -0.4 is 10.1 Å². The molecule has 2 aromatic rings. The van der Waals surface area contributed by atoms with Gasteiger partial charge in [-0.05, 0) is 44.7 Å². The van der Waals surface area contributed by atoms with Crippen LogP contribution in [0.1, 0.15) is 41.7 Å². The summed E-state index contributed by atoms with van der Waals surface area (Å²) in [4.78, 5) is 31.2. The van der Waals surface area contributed by atoms with Crippen molar-refractivity contribution in [1.82, 2.24) is 9.88 Å². The van der Waals surface area contributed by atoms with Crippen LogP contribution in [0.5, 0.6) is 5.75 Å². The average molecular weight is 385 g/mol. The summed E-state index contributed by atoms with van der Waals surface area (Å²) < 4.78 is 6.37. The van der Waals surface area contributed by atoms with E-state index in [0.29, 0.717) is 23.0 Å². The van der Waals surface area contributed by atoms with Crippen molar-refractivity contribution < 1.29 is 14.3 Å². The number of aryl methyl sites for hydroxylation is 1. The topological polar surface area (TPSA) is 71.5 Å². The Hall–Kier alpha value is -2.41. The smallest absolute Gasteiger partial charge is 0.257 e. The summed E-state index contributed by atoms with van der Waals surface area (Å²) in [7, 11) is 1.82. The highest BCUT2D eigenvalue weighted by Crippen LogP contribution is 2.40. The predicted molar refractivity (Wildman–Crippen MR) is 104 cm³/mol. The van der Waals surface area contributed by atoms with E-state index in [-0.39, 0.29) is 17.7 Å². The fourth-order valence-corrected chi connectivity index (χ4v) is 4.68. The van der Waals surface area contributed by atoms with Crippen molar-refractivity contribution in [3.63, 3.8) is 0 Å². The molecule has 1 aliphatic heterocycles. The number of anilines is 1. The molecule has 27 heavy (non-hydrogen) atoms. The maximum atomic E-state index is 12.6. The van der Waals surface area contributed by atoms with Crippen molar-refractivity contribution in [2.24, 2.45) is 5.92 Å². The summed E-state index contributed by atoms with van der Waals surface area (Å²) in [5.74, 6) is 0.607. The summed E-state index contributed by atoms with van der Waals surface area (Å²) in [6.45, 7) is 2.45. The Morgan fingerprint density at radius 1 is 1.33 bits per heavy atom. The zero-order valence-corrected chi connectivity index (χ0v) is 16.3. The number of carbonyl (C=O) groups excluding carboxylic acids is 2. The van der Waals surface area contributed by atoms with E-state index in [9.17, 15) is 9.59 Å². The van der Waals surface area contributed by atoms with Crippen LogP contribution in [-0.4, -0.2) is 40.9 Å². The fraction of sp³-hybridized carbons (Fsp3) is 0.450. The van der Waals surface area contributed by atoms with E-state index in [1.54, 1.807) is 4.90 Å². The molecular weight excluding hydrogens is 362 g/mol. The number of hydrogen-bond donors (Lipinski definition) is 1. The lowest BCUT2D eigenvalue weighted by Gasteiger charge is -2.40. The number of ether oxygens (including phenoxy) is 1. The second-order valence-corrected chi connectivity index (χ2v) is 8.36. The van der Waals surface area contributed by atoms with Crippen LogP contribution >= 0.6 is 11.3 Å². The maximum Gasteiger partial charge on any atom is 0.257 e. The quantitative estimate of drug-likeness (QED) is 0.859. The molecule has 1 saturated carbocycles. The molecule has 1 aromatic heterocycles. The second-order valence-electron chi connectivity index (χ2n) is 7.50. The summed E-state index contributed by atoms with van der Waals surface area (Å²) in [6, 6.07) is 7.41. The first kappa shape index (κ1) is 18.0. The zero-order valence-electron chi connectivity index (χ0n) is 15.5. The van der Waals surface area contributed by atoms with E-state index in [0.717, 1.165) is 31.4 Å². The standard InChI is InChI=1S/C20H23N3O3S/c1-13-11-27-19(21-13)22-17(24)14-7-9-20(10-8-14)12-23(2)18(25)15-5-3-4-6-16(15)26-20/h3-6,11,14H,7-10,12H2,1-2H3,(H,21,22,24). The zero-order chi connectivity index (χ0) is 19.0. The van der Waals surface area contributed by atoms with Crippen molar-refractivity contribution in [2.45, 2.75) is 38.2 Å². The van der Waals surface area contributed by atoms with E-state index < -0.39 is 5.60 Å². The van der Waals surface area contributed by atoms with Crippen molar-refractivity contribution >= 4 is 28.3 Å². The maximum absolute atomic E-state index is 12.6. The summed E-state index contributed by atoms with van der Waals surface area (Å²) in [5.41, 5.74) is 1.10. The predicted octanol–water partition coefficient (Wildman–Crippen LogP) is 3.48. The lowest BCUT2D eigenvalue weighted by atomic mass is 9.78. The van der Waals surface area contributed by atoms with Gasteiger partial charge in [0, 0.05) is 18.3 Å². The molecule has 0 radical (unpaired) electrons. The van der Waals surface area contributed by atoms with E-state index in [1.165, 1.54) is 11.3 Å². The number of thiazole rings is 1. The molecule has 0 bridgehead atoms. The van der Waals surface area contributed by atoms with E-state index in [2.05, 4.69) is 10.3 Å². The number of para-hydroxylation sites is 1. The number of aromatic nitrogens is 1. The molecule has 0 saturated heterocycles. The van der Waals surface area contributed by atoms with Gasteiger partial charge in [0.15, 0.2) is 5.13 Å². The van der Waals surface area contributed by atoms with Gasteiger partial charge in [-0.1, -0.05) is 12.1 Å². The van der Waals surface area contributed by atoms with Crippen molar-refractivity contribution in [1.29, 1.82) is 0 Å². The van der Waals surface area contributed by atoms with Gasteiger partial charge in [-0.25, -0.2) is 4.98 Å². The Morgan fingerprint density at radius 2 is 2.07 bits per heavy atom. The van der Waals surface area contributed by atoms with Gasteiger partial charge < -0.3 is 15.0 Å². The van der Waals surface area contributed by atoms with Crippen molar-refractivity contribution in [3.8, 4) is 5.75 Å². The highest BCUT2D eigenvalue weighted by atomic mass is 32.1. The van der Waals surface area contributed by atoms with E-state index in [4.69, 9.17) is 4.74 Å². The van der Waals surface area contributed by atoms with Gasteiger partial charge in [0.05, 0.1) is 17.8 Å². The Labute approximate surface area is 162 Å². The van der Waals surface area contributed by atoms with Crippen LogP contribution in [0.25, 0.3) is 0 Å². The van der Waals surface area contributed by atoms with E-state index >= 15 is 0 Å². The third kappa shape index (κ3) is 3.56. The Balaban J connectivity index is 1.46. The number of carbonyl (C=O) groups is 2. The number of hydrogen-bond acceptors (Lipinski definition) is 5. The molecule has 6 nitrogen and oxygen atoms in total. The number of amides is 2. The molecule has 0 atom stereocenters. The lowest BCUT2D eigenvalue weighted by molar-refractivity contribution is -0.122. The highest BCUT2D eigenvalue weighted by molar-refractivity contribution is 7.13. The summed E-state index contributed by atoms with van der Waals surface area (Å²) in [6.07, 6.45) is 2.96. The first-order valence-electron chi connectivity index (χ1n) is 9.22. The number of nitrogens with one attached hydrogen (secondary N) is 1. The molecule has 1 N–H and O–H groups in total. The first-order chi connectivity index (χ1) is 13.0. The number of fused-ring (bicyclic) bond motifs is 1. The minimum atomic E-state index is -0.425. The van der Waals surface area contributed by atoms with Crippen LogP contribution in [0.15, 0.2) is 29.6 Å². The molecule has 2 aliphatic rings. The molecule has 0 unspecified atom stereocenters. The normalized spacial score (nSPS) is 24.9. The summed E-state index contributed by atoms with van der Waals surface area (Å²) >= 11 is 1.45. The molecule has 7 heteroatoms. The number of nitrogens with zero attached hydrogens (tertiary/aromatic N) is 2. The number of likely N-dealkylation sites (N-methyl/N-ethyl adjacent to an activating group) is 1. The molecule has 142 valence electrons. The second kappa shape index (κ2) is 6.96. The third-order valence-electron chi connectivity index (χ3n) is 5.43. The molecule has 1 aliphatic carbocycles. The highest BCUT2D eigenvalue weighted by Gasteiger charge is 2.43. The van der Waals surface area contributed by atoms with E-state index in [1.807, 2.05) is 43.6 Å². The summed E-state index contributed by atoms with van der Waals surface area (Å²) in [5, 5.41) is 5.51. The average Bonchev–Trinajstić information content (AvgIpc) is 3.02. The van der Waals surface area contributed by atoms with Crippen molar-refractivity contribution in [2.75, 3.05) is 18.9 Å².